The molecule has 2 heteroatoms. The Labute approximate surface area is 63.0 Å². The smallest absolute Gasteiger partial charge is 0.0700 e. The van der Waals surface area contributed by atoms with Crippen LogP contribution in [0.2, 0.25) is 0 Å². The number of ether oxygens (including phenoxy) is 1. The van der Waals surface area contributed by atoms with Crippen molar-refractivity contribution in [3.05, 3.63) is 0 Å². The molecular formula is C8H17NO. The lowest BCUT2D eigenvalue weighted by molar-refractivity contribution is 0.108. The molecule has 0 radical (unpaired) electrons. The Kier molecular flexibility index (Phi) is 3.16. The normalized spacial score (nSPS) is 26.1. The zero-order chi connectivity index (χ0) is 7.40. The highest BCUT2D eigenvalue weighted by Gasteiger charge is 2.14. The molecule has 1 saturated heterocycles. The summed E-state index contributed by atoms with van der Waals surface area (Å²) in [7, 11) is 0. The lowest BCUT2D eigenvalue weighted by Crippen LogP contribution is -2.31. The molecule has 1 aliphatic rings. The summed E-state index contributed by atoms with van der Waals surface area (Å²) in [5, 5.41) is 3.36. The highest BCUT2D eigenvalue weighted by Crippen LogP contribution is 2.10. The standard InChI is InChI=1S/C8H17NO/c1-7(2)9-6-8-4-3-5-10-8/h7-9H,3-6H2,1-2H3/t8-/m0/s1. The molecule has 1 rings (SSSR count). The van der Waals surface area contributed by atoms with Crippen LogP contribution in [0.4, 0.5) is 0 Å². The second-order valence-electron chi connectivity index (χ2n) is 3.20. The Morgan fingerprint density at radius 3 is 2.90 bits per heavy atom. The van der Waals surface area contributed by atoms with Crippen LogP contribution in [0.5, 0.6) is 0 Å². The molecule has 0 unspecified atom stereocenters. The van der Waals surface area contributed by atoms with Crippen molar-refractivity contribution in [2.24, 2.45) is 0 Å². The van der Waals surface area contributed by atoms with Crippen molar-refractivity contribution in [1.29, 1.82) is 0 Å². The number of hydrogen-bond donors (Lipinski definition) is 1. The largest absolute Gasteiger partial charge is 0.377 e. The first-order chi connectivity index (χ1) is 4.79. The predicted molar refractivity (Wildman–Crippen MR) is 42.1 cm³/mol. The minimum Gasteiger partial charge on any atom is -0.377 e. The van der Waals surface area contributed by atoms with Gasteiger partial charge in [-0.15, -0.1) is 0 Å². The molecule has 1 N–H and O–H groups in total. The second-order valence-corrected chi connectivity index (χ2v) is 3.20. The predicted octanol–water partition coefficient (Wildman–Crippen LogP) is 1.16. The van der Waals surface area contributed by atoms with Crippen molar-refractivity contribution in [3.8, 4) is 0 Å². The Hall–Kier alpha value is -0.0800. The molecule has 0 aromatic heterocycles. The van der Waals surface area contributed by atoms with E-state index in [0.29, 0.717) is 12.1 Å². The maximum absolute atomic E-state index is 5.44. The Morgan fingerprint density at radius 1 is 1.60 bits per heavy atom. The molecule has 0 aromatic rings. The Bertz CT molecular complexity index is 87.3. The summed E-state index contributed by atoms with van der Waals surface area (Å²) in [6.07, 6.45) is 2.96. The van der Waals surface area contributed by atoms with Gasteiger partial charge in [0.05, 0.1) is 6.10 Å². The molecule has 1 atom stereocenters. The third-order valence-electron chi connectivity index (χ3n) is 1.78. The molecule has 0 spiro atoms. The number of nitrogens with one attached hydrogen (secondary N) is 1. The van der Waals surface area contributed by atoms with Crippen molar-refractivity contribution in [1.82, 2.24) is 5.32 Å². The summed E-state index contributed by atoms with van der Waals surface area (Å²) in [6.45, 7) is 6.31. The SMILES string of the molecule is CC(C)NC[C@@H]1CCCO1. The van der Waals surface area contributed by atoms with Crippen LogP contribution in [0.1, 0.15) is 26.7 Å². The first-order valence-corrected chi connectivity index (χ1v) is 4.14. The fraction of sp³-hybridized carbons (Fsp3) is 1.00. The lowest BCUT2D eigenvalue weighted by Gasteiger charge is -2.12. The molecule has 0 saturated carbocycles. The van der Waals surface area contributed by atoms with Crippen LogP contribution >= 0.6 is 0 Å². The van der Waals surface area contributed by atoms with E-state index in [9.17, 15) is 0 Å². The Balaban J connectivity index is 2.01. The van der Waals surface area contributed by atoms with E-state index in [1.165, 1.54) is 12.8 Å². The maximum Gasteiger partial charge on any atom is 0.0700 e. The van der Waals surface area contributed by atoms with Gasteiger partial charge in [-0.3, -0.25) is 0 Å². The fourth-order valence-corrected chi connectivity index (χ4v) is 1.17. The van der Waals surface area contributed by atoms with Gasteiger partial charge in [-0.1, -0.05) is 13.8 Å². The third kappa shape index (κ3) is 2.67. The zero-order valence-corrected chi connectivity index (χ0v) is 6.89. The first-order valence-electron chi connectivity index (χ1n) is 4.14. The first kappa shape index (κ1) is 8.02. The number of hydrogen-bond acceptors (Lipinski definition) is 2. The second kappa shape index (κ2) is 3.94. The highest BCUT2D eigenvalue weighted by molar-refractivity contribution is 4.68. The van der Waals surface area contributed by atoms with E-state index in [0.717, 1.165) is 13.2 Å². The highest BCUT2D eigenvalue weighted by atomic mass is 16.5. The van der Waals surface area contributed by atoms with Crippen LogP contribution in [0.15, 0.2) is 0 Å². The summed E-state index contributed by atoms with van der Waals surface area (Å²) in [6, 6.07) is 0.587. The van der Waals surface area contributed by atoms with Crippen LogP contribution in [0.3, 0.4) is 0 Å². The van der Waals surface area contributed by atoms with Crippen LogP contribution in [0, 0.1) is 0 Å². The van der Waals surface area contributed by atoms with Crippen LogP contribution in [-0.4, -0.2) is 25.3 Å². The van der Waals surface area contributed by atoms with Gasteiger partial charge in [0.25, 0.3) is 0 Å². The van der Waals surface area contributed by atoms with Gasteiger partial charge in [-0.05, 0) is 12.8 Å². The van der Waals surface area contributed by atoms with Gasteiger partial charge in [0, 0.05) is 19.2 Å². The van der Waals surface area contributed by atoms with Gasteiger partial charge in [-0.25, -0.2) is 0 Å². The minimum atomic E-state index is 0.488. The van der Waals surface area contributed by atoms with Crippen LogP contribution in [0.25, 0.3) is 0 Å². The molecule has 1 fully saturated rings. The molecule has 60 valence electrons. The fourth-order valence-electron chi connectivity index (χ4n) is 1.17. The third-order valence-corrected chi connectivity index (χ3v) is 1.78. The quantitative estimate of drug-likeness (QED) is 0.640. The summed E-state index contributed by atoms with van der Waals surface area (Å²) >= 11 is 0. The molecule has 1 heterocycles. The number of rotatable bonds is 3. The Morgan fingerprint density at radius 2 is 2.40 bits per heavy atom. The topological polar surface area (TPSA) is 21.3 Å². The summed E-state index contributed by atoms with van der Waals surface area (Å²) in [5.41, 5.74) is 0. The van der Waals surface area contributed by atoms with Gasteiger partial charge in [0.1, 0.15) is 0 Å². The van der Waals surface area contributed by atoms with Gasteiger partial charge in [0.2, 0.25) is 0 Å². The van der Waals surface area contributed by atoms with Crippen molar-refractivity contribution in [2.45, 2.75) is 38.8 Å². The van der Waals surface area contributed by atoms with E-state index < -0.39 is 0 Å². The average Bonchev–Trinajstić information content (AvgIpc) is 2.34. The molecule has 0 aromatic carbocycles. The average molecular weight is 143 g/mol. The van der Waals surface area contributed by atoms with E-state index in [1.807, 2.05) is 0 Å². The van der Waals surface area contributed by atoms with E-state index in [4.69, 9.17) is 4.74 Å². The lowest BCUT2D eigenvalue weighted by atomic mass is 10.2. The van der Waals surface area contributed by atoms with E-state index in [-0.39, 0.29) is 0 Å². The molecule has 2 nitrogen and oxygen atoms in total. The van der Waals surface area contributed by atoms with Crippen molar-refractivity contribution >= 4 is 0 Å². The monoisotopic (exact) mass is 143 g/mol. The molecular weight excluding hydrogens is 126 g/mol. The van der Waals surface area contributed by atoms with Gasteiger partial charge in [0.15, 0.2) is 0 Å². The maximum atomic E-state index is 5.44. The summed E-state index contributed by atoms with van der Waals surface area (Å²) < 4.78 is 5.44. The molecule has 0 amide bonds. The summed E-state index contributed by atoms with van der Waals surface area (Å²) in [4.78, 5) is 0. The molecule has 0 aliphatic carbocycles. The van der Waals surface area contributed by atoms with Crippen molar-refractivity contribution in [2.75, 3.05) is 13.2 Å². The van der Waals surface area contributed by atoms with E-state index in [2.05, 4.69) is 19.2 Å². The van der Waals surface area contributed by atoms with E-state index in [1.54, 1.807) is 0 Å². The van der Waals surface area contributed by atoms with Gasteiger partial charge >= 0.3 is 0 Å². The van der Waals surface area contributed by atoms with Gasteiger partial charge < -0.3 is 10.1 Å². The van der Waals surface area contributed by atoms with Crippen LogP contribution in [-0.2, 0) is 4.74 Å². The summed E-state index contributed by atoms with van der Waals surface area (Å²) in [5.74, 6) is 0. The van der Waals surface area contributed by atoms with Crippen molar-refractivity contribution < 1.29 is 4.74 Å². The zero-order valence-electron chi connectivity index (χ0n) is 6.89. The molecule has 10 heavy (non-hydrogen) atoms. The van der Waals surface area contributed by atoms with Crippen molar-refractivity contribution in [3.63, 3.8) is 0 Å². The van der Waals surface area contributed by atoms with Crippen LogP contribution < -0.4 is 5.32 Å². The van der Waals surface area contributed by atoms with E-state index >= 15 is 0 Å². The molecule has 0 bridgehead atoms. The minimum absolute atomic E-state index is 0.488. The molecule has 1 aliphatic heterocycles. The van der Waals surface area contributed by atoms with Gasteiger partial charge in [-0.2, -0.15) is 0 Å².